The Labute approximate surface area is 392 Å². The second-order valence-electron chi connectivity index (χ2n) is 16.2. The first-order valence-corrected chi connectivity index (χ1v) is 23.4. The highest BCUT2D eigenvalue weighted by Crippen LogP contribution is 2.34. The first kappa shape index (κ1) is 47.8. The van der Waals surface area contributed by atoms with Gasteiger partial charge in [-0.3, -0.25) is 34.6 Å². The van der Waals surface area contributed by atoms with Gasteiger partial charge in [-0.2, -0.15) is 0 Å². The largest absolute Gasteiger partial charge is 0.478 e. The number of hydrogen-bond acceptors (Lipinski definition) is 10. The van der Waals surface area contributed by atoms with E-state index in [-0.39, 0.29) is 63.3 Å². The standard InChI is InChI=1S/C27H29FN4O3S.C22H18FN3O4S/c1-4-18(5-2)30-24(33)16-6-9-20(22(12-16)26(35)32-27-29-10-11-36-27)21-13-17(14-23(28)15(21)3)25(34)31-19-7-8-19;1-11-16(9-13(10-18(11)23)19(27)25-14-3-4-14)15-5-2-12(21(29)30)8-17(15)20(28)26-22-24-6-7-31-22/h6,9-14,18-19H,4-5,7-8H2,1-3H3,(H,30,33)(H,31,34)(H,29,32,35);2,5-10,14H,3-4H2,1H3,(H,25,27)(H,29,30)(H,24,26,28). The van der Waals surface area contributed by atoms with E-state index >= 15 is 0 Å². The lowest BCUT2D eigenvalue weighted by molar-refractivity contribution is 0.0695. The fraction of sp³-hybridized carbons (Fsp3) is 0.265. The van der Waals surface area contributed by atoms with Crippen molar-refractivity contribution in [3.63, 3.8) is 0 Å². The quantitative estimate of drug-likeness (QED) is 0.0579. The van der Waals surface area contributed by atoms with Crippen LogP contribution < -0.4 is 26.6 Å². The fourth-order valence-electron chi connectivity index (χ4n) is 7.04. The van der Waals surface area contributed by atoms with Crippen molar-refractivity contribution in [2.24, 2.45) is 0 Å². The molecule has 346 valence electrons. The van der Waals surface area contributed by atoms with Gasteiger partial charge in [0.1, 0.15) is 11.6 Å². The lowest BCUT2D eigenvalue weighted by atomic mass is 9.91. The van der Waals surface area contributed by atoms with Crippen molar-refractivity contribution in [1.82, 2.24) is 25.9 Å². The summed E-state index contributed by atoms with van der Waals surface area (Å²) in [6.07, 6.45) is 8.27. The van der Waals surface area contributed by atoms with Gasteiger partial charge in [0.15, 0.2) is 10.3 Å². The summed E-state index contributed by atoms with van der Waals surface area (Å²) in [7, 11) is 0. The Hall–Kier alpha value is -7.18. The minimum atomic E-state index is -1.20. The smallest absolute Gasteiger partial charge is 0.335 e. The third-order valence-corrected chi connectivity index (χ3v) is 12.7. The van der Waals surface area contributed by atoms with E-state index in [1.54, 1.807) is 49.0 Å². The van der Waals surface area contributed by atoms with Gasteiger partial charge in [-0.15, -0.1) is 22.7 Å². The highest BCUT2D eigenvalue weighted by Gasteiger charge is 2.28. The molecule has 2 fully saturated rings. The topological polar surface area (TPSA) is 209 Å². The van der Waals surface area contributed by atoms with Gasteiger partial charge in [0.2, 0.25) is 0 Å². The number of amides is 5. The number of hydrogen-bond donors (Lipinski definition) is 6. The maximum Gasteiger partial charge on any atom is 0.335 e. The van der Waals surface area contributed by atoms with Crippen molar-refractivity contribution < 1.29 is 42.7 Å². The summed E-state index contributed by atoms with van der Waals surface area (Å²) in [6.45, 7) is 7.13. The minimum absolute atomic E-state index is 0.0165. The Morgan fingerprint density at radius 3 is 1.42 bits per heavy atom. The van der Waals surface area contributed by atoms with Crippen LogP contribution in [-0.4, -0.2) is 68.7 Å². The molecule has 4 aromatic carbocycles. The van der Waals surface area contributed by atoms with Crippen molar-refractivity contribution in [2.45, 2.75) is 84.3 Å². The number of carbonyl (C=O) groups excluding carboxylic acids is 5. The van der Waals surface area contributed by atoms with Gasteiger partial charge < -0.3 is 21.1 Å². The number of carboxylic acid groups (broad SMARTS) is 1. The van der Waals surface area contributed by atoms with Gasteiger partial charge in [-0.05, 0) is 134 Å². The SMILES string of the molecule is CCC(CC)NC(=O)c1ccc(-c2cc(C(=O)NC3CC3)cc(F)c2C)c(C(=O)Nc2nccs2)c1.Cc1c(F)cc(C(=O)NC2CC2)cc1-c1ccc(C(=O)O)cc1C(=O)Nc1nccs1. The monoisotopic (exact) mass is 947 g/mol. The van der Waals surface area contributed by atoms with Crippen LogP contribution in [0.25, 0.3) is 22.3 Å². The fourth-order valence-corrected chi connectivity index (χ4v) is 8.09. The molecule has 0 spiro atoms. The lowest BCUT2D eigenvalue weighted by Gasteiger charge is -2.17. The van der Waals surface area contributed by atoms with Crippen LogP contribution in [0.15, 0.2) is 83.8 Å². The Balaban J connectivity index is 0.000000201. The molecule has 18 heteroatoms. The highest BCUT2D eigenvalue weighted by molar-refractivity contribution is 7.14. The van der Waals surface area contributed by atoms with E-state index < -0.39 is 35.3 Å². The zero-order valence-corrected chi connectivity index (χ0v) is 38.6. The van der Waals surface area contributed by atoms with E-state index in [1.165, 1.54) is 65.3 Å². The number of halogens is 2. The van der Waals surface area contributed by atoms with Crippen LogP contribution in [0.5, 0.6) is 0 Å². The van der Waals surface area contributed by atoms with E-state index in [2.05, 4.69) is 36.6 Å². The number of thiazole rings is 2. The van der Waals surface area contributed by atoms with Crippen LogP contribution >= 0.6 is 22.7 Å². The number of nitrogens with zero attached hydrogens (tertiary/aromatic N) is 2. The Morgan fingerprint density at radius 1 is 0.597 bits per heavy atom. The highest BCUT2D eigenvalue weighted by atomic mass is 32.1. The molecule has 14 nitrogen and oxygen atoms in total. The number of carboxylic acids is 1. The van der Waals surface area contributed by atoms with E-state index in [0.29, 0.717) is 43.6 Å². The molecule has 0 saturated heterocycles. The first-order valence-electron chi connectivity index (χ1n) is 21.6. The maximum absolute atomic E-state index is 15.0. The van der Waals surface area contributed by atoms with Crippen LogP contribution in [0.1, 0.15) is 126 Å². The van der Waals surface area contributed by atoms with Gasteiger partial charge in [-0.25, -0.2) is 23.5 Å². The number of carbonyl (C=O) groups is 6. The Bertz CT molecular complexity index is 2860. The molecule has 67 heavy (non-hydrogen) atoms. The molecule has 0 aliphatic heterocycles. The summed E-state index contributed by atoms with van der Waals surface area (Å²) >= 11 is 2.47. The lowest BCUT2D eigenvalue weighted by Crippen LogP contribution is -2.34. The van der Waals surface area contributed by atoms with Crippen LogP contribution in [0.3, 0.4) is 0 Å². The third-order valence-electron chi connectivity index (χ3n) is 11.3. The van der Waals surface area contributed by atoms with Crippen molar-refractivity contribution in [1.29, 1.82) is 0 Å². The summed E-state index contributed by atoms with van der Waals surface area (Å²) in [4.78, 5) is 83.9. The molecule has 2 aliphatic rings. The van der Waals surface area contributed by atoms with E-state index in [4.69, 9.17) is 0 Å². The molecule has 2 saturated carbocycles. The molecule has 0 bridgehead atoms. The molecule has 0 unspecified atom stereocenters. The molecule has 8 rings (SSSR count). The predicted molar refractivity (Wildman–Crippen MR) is 253 cm³/mol. The van der Waals surface area contributed by atoms with Gasteiger partial charge in [0, 0.05) is 69.1 Å². The van der Waals surface area contributed by atoms with Crippen LogP contribution in [0.2, 0.25) is 0 Å². The Morgan fingerprint density at radius 2 is 1.03 bits per heavy atom. The number of rotatable bonds is 15. The molecule has 2 aromatic heterocycles. The van der Waals surface area contributed by atoms with E-state index in [9.17, 15) is 42.7 Å². The van der Waals surface area contributed by atoms with Crippen molar-refractivity contribution in [3.8, 4) is 22.3 Å². The first-order chi connectivity index (χ1) is 32.1. The summed E-state index contributed by atoms with van der Waals surface area (Å²) in [6, 6.07) is 14.5. The minimum Gasteiger partial charge on any atom is -0.478 e. The van der Waals surface area contributed by atoms with Crippen molar-refractivity contribution >= 4 is 68.4 Å². The van der Waals surface area contributed by atoms with Gasteiger partial charge >= 0.3 is 5.97 Å². The van der Waals surface area contributed by atoms with Gasteiger partial charge in [0.25, 0.3) is 29.5 Å². The average Bonchev–Trinajstić information content (AvgIpc) is 4.21. The molecule has 6 N–H and O–H groups in total. The molecular formula is C49H47F2N7O7S2. The van der Waals surface area contributed by atoms with Crippen LogP contribution in [0.4, 0.5) is 19.0 Å². The van der Waals surface area contributed by atoms with Crippen LogP contribution in [-0.2, 0) is 0 Å². The summed E-state index contributed by atoms with van der Waals surface area (Å²) < 4.78 is 29.7. The maximum atomic E-state index is 15.0. The summed E-state index contributed by atoms with van der Waals surface area (Å²) in [5.74, 6) is -4.44. The van der Waals surface area contributed by atoms with Crippen molar-refractivity contribution in [3.05, 3.63) is 140 Å². The number of nitrogens with one attached hydrogen (secondary N) is 5. The van der Waals surface area contributed by atoms with Crippen molar-refractivity contribution in [2.75, 3.05) is 10.6 Å². The van der Waals surface area contributed by atoms with E-state index in [0.717, 1.165) is 44.6 Å². The van der Waals surface area contributed by atoms with Gasteiger partial charge in [-0.1, -0.05) is 26.0 Å². The van der Waals surface area contributed by atoms with Gasteiger partial charge in [0.05, 0.1) is 5.56 Å². The third kappa shape index (κ3) is 11.8. The molecule has 2 aliphatic carbocycles. The molecule has 0 radical (unpaired) electrons. The zero-order chi connectivity index (χ0) is 47.9. The molecular weight excluding hydrogens is 901 g/mol. The second-order valence-corrected chi connectivity index (χ2v) is 17.9. The molecule has 6 aromatic rings. The Kier molecular flexibility index (Phi) is 15.0. The average molecular weight is 948 g/mol. The normalized spacial score (nSPS) is 12.9. The molecule has 0 atom stereocenters. The molecule has 5 amide bonds. The predicted octanol–water partition coefficient (Wildman–Crippen LogP) is 9.42. The summed E-state index contributed by atoms with van der Waals surface area (Å²) in [5.41, 5.74) is 2.79. The molecule has 2 heterocycles. The van der Waals surface area contributed by atoms with Crippen LogP contribution in [0, 0.1) is 25.5 Å². The number of aromatic nitrogens is 2. The number of aromatic carboxylic acids is 1. The number of benzene rings is 4. The van der Waals surface area contributed by atoms with E-state index in [1.807, 2.05) is 13.8 Å². The number of anilines is 2. The zero-order valence-electron chi connectivity index (χ0n) is 36.9. The summed E-state index contributed by atoms with van der Waals surface area (Å²) in [5, 5.41) is 27.6. The second kappa shape index (κ2) is 21.0.